The number of amides is 1. The molecule has 0 aliphatic rings. The van der Waals surface area contributed by atoms with Gasteiger partial charge in [-0.25, -0.2) is 0 Å². The predicted octanol–water partition coefficient (Wildman–Crippen LogP) is 2.69. The molecule has 1 aromatic heterocycles. The lowest BCUT2D eigenvalue weighted by Crippen LogP contribution is -2.32. The van der Waals surface area contributed by atoms with Gasteiger partial charge in [0.2, 0.25) is 5.91 Å². The normalized spacial score (nSPS) is 12.5. The number of fused-ring (bicyclic) bond motifs is 1. The van der Waals surface area contributed by atoms with Crippen molar-refractivity contribution < 1.29 is 9.90 Å². The molecule has 4 heteroatoms. The summed E-state index contributed by atoms with van der Waals surface area (Å²) < 4.78 is 0. The van der Waals surface area contributed by atoms with E-state index in [0.29, 0.717) is 19.4 Å². The molecule has 0 aliphatic heterocycles. The Kier molecular flexibility index (Phi) is 5.39. The van der Waals surface area contributed by atoms with Crippen molar-refractivity contribution in [3.63, 3.8) is 0 Å². The third kappa shape index (κ3) is 4.08. The van der Waals surface area contributed by atoms with Crippen LogP contribution in [0.25, 0.3) is 10.9 Å². The number of carbonyl (C=O) groups excluding carboxylic acids is 1. The zero-order valence-corrected chi connectivity index (χ0v) is 12.8. The molecule has 21 heavy (non-hydrogen) atoms. The van der Waals surface area contributed by atoms with Gasteiger partial charge in [0.15, 0.2) is 0 Å². The molecule has 0 saturated carbocycles. The highest BCUT2D eigenvalue weighted by Gasteiger charge is 2.09. The SMILES string of the molecule is CCCC(O)CNC(=O)CCc1c[nH]c2c(C)cccc12. The van der Waals surface area contributed by atoms with Gasteiger partial charge in [-0.05, 0) is 30.9 Å². The lowest BCUT2D eigenvalue weighted by molar-refractivity contribution is -0.121. The number of para-hydroxylation sites is 1. The number of benzene rings is 1. The summed E-state index contributed by atoms with van der Waals surface area (Å²) in [7, 11) is 0. The van der Waals surface area contributed by atoms with Crippen molar-refractivity contribution in [1.29, 1.82) is 0 Å². The van der Waals surface area contributed by atoms with Gasteiger partial charge >= 0.3 is 0 Å². The Morgan fingerprint density at radius 2 is 2.24 bits per heavy atom. The van der Waals surface area contributed by atoms with Crippen molar-refractivity contribution in [2.45, 2.75) is 45.6 Å². The number of carbonyl (C=O) groups is 1. The highest BCUT2D eigenvalue weighted by atomic mass is 16.3. The van der Waals surface area contributed by atoms with E-state index in [9.17, 15) is 9.90 Å². The number of rotatable bonds is 7. The molecular formula is C17H24N2O2. The van der Waals surface area contributed by atoms with Crippen molar-refractivity contribution in [2.75, 3.05) is 6.54 Å². The second-order valence-corrected chi connectivity index (χ2v) is 5.56. The van der Waals surface area contributed by atoms with Crippen molar-refractivity contribution >= 4 is 16.8 Å². The fourth-order valence-electron chi connectivity index (χ4n) is 2.57. The van der Waals surface area contributed by atoms with Crippen LogP contribution in [-0.4, -0.2) is 28.6 Å². The molecule has 4 nitrogen and oxygen atoms in total. The summed E-state index contributed by atoms with van der Waals surface area (Å²) >= 11 is 0. The molecular weight excluding hydrogens is 264 g/mol. The topological polar surface area (TPSA) is 65.1 Å². The summed E-state index contributed by atoms with van der Waals surface area (Å²) in [6, 6.07) is 6.19. The Hall–Kier alpha value is -1.81. The first-order valence-electron chi connectivity index (χ1n) is 7.62. The Balaban J connectivity index is 1.87. The number of aliphatic hydroxyl groups is 1. The number of hydrogen-bond acceptors (Lipinski definition) is 2. The minimum Gasteiger partial charge on any atom is -0.391 e. The largest absolute Gasteiger partial charge is 0.391 e. The van der Waals surface area contributed by atoms with Crippen LogP contribution in [-0.2, 0) is 11.2 Å². The maximum atomic E-state index is 11.8. The van der Waals surface area contributed by atoms with Gasteiger partial charge in [0.05, 0.1) is 6.10 Å². The highest BCUT2D eigenvalue weighted by molar-refractivity contribution is 5.86. The molecule has 1 amide bonds. The van der Waals surface area contributed by atoms with E-state index in [1.165, 1.54) is 10.9 Å². The first kappa shape index (κ1) is 15.6. The third-order valence-corrected chi connectivity index (χ3v) is 3.79. The van der Waals surface area contributed by atoms with Crippen LogP contribution < -0.4 is 5.32 Å². The van der Waals surface area contributed by atoms with Gasteiger partial charge in [0, 0.05) is 30.1 Å². The molecule has 1 unspecified atom stereocenters. The van der Waals surface area contributed by atoms with E-state index in [1.54, 1.807) is 0 Å². The minimum absolute atomic E-state index is 0.00726. The fraction of sp³-hybridized carbons (Fsp3) is 0.471. The molecule has 3 N–H and O–H groups in total. The van der Waals surface area contributed by atoms with Crippen molar-refractivity contribution in [3.05, 3.63) is 35.5 Å². The van der Waals surface area contributed by atoms with Gasteiger partial charge < -0.3 is 15.4 Å². The van der Waals surface area contributed by atoms with Crippen LogP contribution in [0.2, 0.25) is 0 Å². The van der Waals surface area contributed by atoms with E-state index in [-0.39, 0.29) is 5.91 Å². The maximum absolute atomic E-state index is 11.8. The molecule has 1 aromatic carbocycles. The average Bonchev–Trinajstić information content (AvgIpc) is 2.88. The quantitative estimate of drug-likeness (QED) is 0.733. The Labute approximate surface area is 125 Å². The van der Waals surface area contributed by atoms with Gasteiger partial charge in [0.1, 0.15) is 0 Å². The number of hydrogen-bond donors (Lipinski definition) is 3. The van der Waals surface area contributed by atoms with E-state index in [2.05, 4.69) is 29.4 Å². The van der Waals surface area contributed by atoms with Gasteiger partial charge in [0.25, 0.3) is 0 Å². The van der Waals surface area contributed by atoms with E-state index >= 15 is 0 Å². The lowest BCUT2D eigenvalue weighted by atomic mass is 10.1. The number of H-pyrrole nitrogens is 1. The van der Waals surface area contributed by atoms with Gasteiger partial charge in [-0.3, -0.25) is 4.79 Å². The number of aryl methyl sites for hydroxylation is 2. The lowest BCUT2D eigenvalue weighted by Gasteiger charge is -2.10. The summed E-state index contributed by atoms with van der Waals surface area (Å²) in [6.45, 7) is 4.44. The van der Waals surface area contributed by atoms with Crippen LogP contribution in [0.1, 0.15) is 37.3 Å². The molecule has 2 aromatic rings. The van der Waals surface area contributed by atoms with Crippen molar-refractivity contribution in [1.82, 2.24) is 10.3 Å². The molecule has 0 radical (unpaired) electrons. The zero-order chi connectivity index (χ0) is 15.2. The highest BCUT2D eigenvalue weighted by Crippen LogP contribution is 2.22. The second kappa shape index (κ2) is 7.27. The molecule has 0 spiro atoms. The minimum atomic E-state index is -0.435. The zero-order valence-electron chi connectivity index (χ0n) is 12.8. The maximum Gasteiger partial charge on any atom is 0.220 e. The van der Waals surface area contributed by atoms with Crippen LogP contribution in [0.15, 0.2) is 24.4 Å². The Morgan fingerprint density at radius 3 is 3.00 bits per heavy atom. The van der Waals surface area contributed by atoms with Crippen molar-refractivity contribution in [3.8, 4) is 0 Å². The molecule has 0 bridgehead atoms. The monoisotopic (exact) mass is 288 g/mol. The summed E-state index contributed by atoms with van der Waals surface area (Å²) in [5, 5.41) is 13.6. The van der Waals surface area contributed by atoms with E-state index < -0.39 is 6.10 Å². The second-order valence-electron chi connectivity index (χ2n) is 5.56. The van der Waals surface area contributed by atoms with Crippen LogP contribution in [0.4, 0.5) is 0 Å². The predicted molar refractivity (Wildman–Crippen MR) is 85.3 cm³/mol. The molecule has 2 rings (SSSR count). The molecule has 1 heterocycles. The Morgan fingerprint density at radius 1 is 1.43 bits per heavy atom. The van der Waals surface area contributed by atoms with E-state index in [1.807, 2.05) is 19.2 Å². The molecule has 1 atom stereocenters. The third-order valence-electron chi connectivity index (χ3n) is 3.79. The number of nitrogens with one attached hydrogen (secondary N) is 2. The van der Waals surface area contributed by atoms with Gasteiger partial charge in [-0.2, -0.15) is 0 Å². The summed E-state index contributed by atoms with van der Waals surface area (Å²) in [4.78, 5) is 15.1. The molecule has 114 valence electrons. The smallest absolute Gasteiger partial charge is 0.220 e. The van der Waals surface area contributed by atoms with Gasteiger partial charge in [-0.1, -0.05) is 31.5 Å². The fourth-order valence-corrected chi connectivity index (χ4v) is 2.57. The molecule has 0 fully saturated rings. The van der Waals surface area contributed by atoms with E-state index in [0.717, 1.165) is 23.9 Å². The Bertz CT molecular complexity index is 604. The average molecular weight is 288 g/mol. The van der Waals surface area contributed by atoms with Crippen LogP contribution in [0.3, 0.4) is 0 Å². The van der Waals surface area contributed by atoms with Crippen LogP contribution in [0.5, 0.6) is 0 Å². The summed E-state index contributed by atoms with van der Waals surface area (Å²) in [5.41, 5.74) is 3.52. The number of aromatic nitrogens is 1. The first-order chi connectivity index (χ1) is 10.1. The van der Waals surface area contributed by atoms with E-state index in [4.69, 9.17) is 0 Å². The molecule has 0 saturated heterocycles. The summed E-state index contributed by atoms with van der Waals surface area (Å²) in [6.07, 6.45) is 4.35. The van der Waals surface area contributed by atoms with Gasteiger partial charge in [-0.15, -0.1) is 0 Å². The van der Waals surface area contributed by atoms with Crippen LogP contribution >= 0.6 is 0 Å². The number of aliphatic hydroxyl groups excluding tert-OH is 1. The summed E-state index contributed by atoms with van der Waals surface area (Å²) in [5.74, 6) is -0.00726. The standard InChI is InChI=1S/C17H24N2O2/c1-3-5-14(20)11-18-16(21)9-8-13-10-19-17-12(2)6-4-7-15(13)17/h4,6-7,10,14,19-20H,3,5,8-9,11H2,1-2H3,(H,18,21). The molecule has 0 aliphatic carbocycles. The van der Waals surface area contributed by atoms with Crippen molar-refractivity contribution in [2.24, 2.45) is 0 Å². The number of aromatic amines is 1. The first-order valence-corrected chi connectivity index (χ1v) is 7.62. The van der Waals surface area contributed by atoms with Crippen LogP contribution in [0, 0.1) is 6.92 Å².